The van der Waals surface area contributed by atoms with E-state index in [9.17, 15) is 4.79 Å². The third-order valence-corrected chi connectivity index (χ3v) is 2.49. The number of aliphatic hydroxyl groups excluding tert-OH is 1. The molecule has 1 heterocycles. The maximum Gasteiger partial charge on any atom is 0.293 e. The molecule has 1 aromatic carbocycles. The molecule has 9 nitrogen and oxygen atoms in total. The minimum Gasteiger partial charge on any atom is -0.493 e. The molecule has 0 bridgehead atoms. The lowest BCUT2D eigenvalue weighted by Gasteiger charge is -2.11. The Hall–Kier alpha value is -2.81. The van der Waals surface area contributed by atoms with Gasteiger partial charge < -0.3 is 25.6 Å². The van der Waals surface area contributed by atoms with Gasteiger partial charge >= 0.3 is 0 Å². The highest BCUT2D eigenvalue weighted by molar-refractivity contribution is 6.01. The zero-order valence-corrected chi connectivity index (χ0v) is 11.3. The number of carbonyl (C=O) groups excluding carboxylic acids is 1. The first kappa shape index (κ1) is 14.6. The van der Waals surface area contributed by atoms with Crippen molar-refractivity contribution in [3.8, 4) is 11.5 Å². The summed E-state index contributed by atoms with van der Waals surface area (Å²) < 4.78 is 10.5. The van der Waals surface area contributed by atoms with Gasteiger partial charge in [0.05, 0.1) is 13.7 Å². The average Bonchev–Trinajstić information content (AvgIpc) is 2.92. The highest BCUT2D eigenvalue weighted by atomic mass is 16.5. The van der Waals surface area contributed by atoms with Crippen LogP contribution >= 0.6 is 0 Å². The fraction of sp³-hybridized carbons (Fsp3) is 0.250. The highest BCUT2D eigenvalue weighted by Crippen LogP contribution is 2.30. The third-order valence-electron chi connectivity index (χ3n) is 2.49. The number of amides is 1. The Morgan fingerprint density at radius 2 is 2.29 bits per heavy atom. The molecule has 112 valence electrons. The molecule has 0 unspecified atom stereocenters. The van der Waals surface area contributed by atoms with Gasteiger partial charge in [-0.15, -0.1) is 5.10 Å². The van der Waals surface area contributed by atoms with Crippen molar-refractivity contribution in [3.05, 3.63) is 24.0 Å². The second-order valence-corrected chi connectivity index (χ2v) is 3.93. The van der Waals surface area contributed by atoms with Gasteiger partial charge in [-0.1, -0.05) is 0 Å². The van der Waals surface area contributed by atoms with Gasteiger partial charge in [-0.25, -0.2) is 0 Å². The molecule has 0 saturated heterocycles. The number of nitrogens with one attached hydrogen (secondary N) is 2. The van der Waals surface area contributed by atoms with Gasteiger partial charge in [0.25, 0.3) is 5.91 Å². The molecule has 0 aliphatic rings. The SMILES string of the molecule is COc1ccc(NC(=O)c2nc(N)n[nH]2)cc1OCCO. The van der Waals surface area contributed by atoms with E-state index in [1.807, 2.05) is 0 Å². The van der Waals surface area contributed by atoms with Gasteiger partial charge in [-0.05, 0) is 12.1 Å². The molecule has 0 aliphatic carbocycles. The van der Waals surface area contributed by atoms with Gasteiger partial charge in [0, 0.05) is 11.8 Å². The second-order valence-electron chi connectivity index (χ2n) is 3.93. The van der Waals surface area contributed by atoms with E-state index in [1.165, 1.54) is 7.11 Å². The number of benzene rings is 1. The van der Waals surface area contributed by atoms with Crippen molar-refractivity contribution in [2.24, 2.45) is 0 Å². The molecular weight excluding hydrogens is 278 g/mol. The second kappa shape index (κ2) is 6.57. The van der Waals surface area contributed by atoms with E-state index in [4.69, 9.17) is 20.3 Å². The van der Waals surface area contributed by atoms with E-state index in [-0.39, 0.29) is 25.0 Å². The van der Waals surface area contributed by atoms with Crippen molar-refractivity contribution >= 4 is 17.5 Å². The van der Waals surface area contributed by atoms with Crippen LogP contribution in [-0.4, -0.2) is 46.5 Å². The summed E-state index contributed by atoms with van der Waals surface area (Å²) in [6.45, 7) is -0.0104. The Morgan fingerprint density at radius 1 is 1.48 bits per heavy atom. The predicted molar refractivity (Wildman–Crippen MR) is 74.3 cm³/mol. The van der Waals surface area contributed by atoms with Crippen LogP contribution in [0.5, 0.6) is 11.5 Å². The summed E-state index contributed by atoms with van der Waals surface area (Å²) in [5.74, 6) is 0.396. The molecule has 0 spiro atoms. The Bertz CT molecular complexity index is 628. The standard InChI is InChI=1S/C12H15N5O4/c1-20-8-3-2-7(6-9(8)21-5-4-18)14-11(19)10-15-12(13)17-16-10/h2-3,6,18H,4-5H2,1H3,(H,14,19)(H3,13,15,16,17). The number of anilines is 2. The topological polar surface area (TPSA) is 135 Å². The van der Waals surface area contributed by atoms with Crippen LogP contribution in [-0.2, 0) is 0 Å². The van der Waals surface area contributed by atoms with Crippen LogP contribution in [0.2, 0.25) is 0 Å². The van der Waals surface area contributed by atoms with Crippen LogP contribution < -0.4 is 20.5 Å². The fourth-order valence-electron chi connectivity index (χ4n) is 1.59. The summed E-state index contributed by atoms with van der Waals surface area (Å²) in [6.07, 6.45) is 0. The number of aliphatic hydroxyl groups is 1. The zero-order valence-electron chi connectivity index (χ0n) is 11.3. The molecule has 2 rings (SSSR count). The van der Waals surface area contributed by atoms with Gasteiger partial charge in [0.15, 0.2) is 11.5 Å². The van der Waals surface area contributed by atoms with Crippen LogP contribution in [0, 0.1) is 0 Å². The van der Waals surface area contributed by atoms with Crippen molar-refractivity contribution in [2.75, 3.05) is 31.4 Å². The van der Waals surface area contributed by atoms with Crippen molar-refractivity contribution < 1.29 is 19.4 Å². The molecule has 0 saturated carbocycles. The zero-order chi connectivity index (χ0) is 15.2. The first-order valence-corrected chi connectivity index (χ1v) is 6.05. The van der Waals surface area contributed by atoms with E-state index in [0.29, 0.717) is 17.2 Å². The maximum absolute atomic E-state index is 11.9. The highest BCUT2D eigenvalue weighted by Gasteiger charge is 2.12. The lowest BCUT2D eigenvalue weighted by Crippen LogP contribution is -2.14. The maximum atomic E-state index is 11.9. The first-order chi connectivity index (χ1) is 10.1. The average molecular weight is 293 g/mol. The number of carbonyl (C=O) groups is 1. The molecule has 1 aromatic heterocycles. The molecule has 0 fully saturated rings. The van der Waals surface area contributed by atoms with Gasteiger partial charge in [0.1, 0.15) is 6.61 Å². The summed E-state index contributed by atoms with van der Waals surface area (Å²) in [4.78, 5) is 15.6. The van der Waals surface area contributed by atoms with Crippen molar-refractivity contribution in [1.29, 1.82) is 0 Å². The van der Waals surface area contributed by atoms with Crippen LogP contribution in [0.3, 0.4) is 0 Å². The first-order valence-electron chi connectivity index (χ1n) is 6.05. The number of methoxy groups -OCH3 is 1. The van der Waals surface area contributed by atoms with Gasteiger partial charge in [0.2, 0.25) is 11.8 Å². The molecule has 9 heteroatoms. The number of aromatic nitrogens is 3. The van der Waals surface area contributed by atoms with Gasteiger partial charge in [-0.3, -0.25) is 9.89 Å². The summed E-state index contributed by atoms with van der Waals surface area (Å²) >= 11 is 0. The van der Waals surface area contributed by atoms with Crippen LogP contribution in [0.25, 0.3) is 0 Å². The minimum absolute atomic E-state index is 0.00106. The Kier molecular flexibility index (Phi) is 4.57. The Balaban J connectivity index is 2.14. The molecule has 0 atom stereocenters. The lowest BCUT2D eigenvalue weighted by molar-refractivity contribution is 0.101. The molecule has 0 radical (unpaired) electrons. The van der Waals surface area contributed by atoms with Crippen LogP contribution in [0.1, 0.15) is 10.6 Å². The summed E-state index contributed by atoms with van der Waals surface area (Å²) in [7, 11) is 1.50. The predicted octanol–water partition coefficient (Wildman–Crippen LogP) is 0.0189. The van der Waals surface area contributed by atoms with E-state index < -0.39 is 5.91 Å². The molecule has 21 heavy (non-hydrogen) atoms. The van der Waals surface area contributed by atoms with Crippen molar-refractivity contribution in [1.82, 2.24) is 15.2 Å². The number of nitrogens with two attached hydrogens (primary N) is 1. The van der Waals surface area contributed by atoms with Crippen LogP contribution in [0.4, 0.5) is 11.6 Å². The number of rotatable bonds is 6. The largest absolute Gasteiger partial charge is 0.493 e. The van der Waals surface area contributed by atoms with Crippen molar-refractivity contribution in [2.45, 2.75) is 0 Å². The summed E-state index contributed by atoms with van der Waals surface area (Å²) in [5.41, 5.74) is 5.81. The molecule has 2 aromatic rings. The van der Waals surface area contributed by atoms with E-state index in [1.54, 1.807) is 18.2 Å². The molecule has 0 aliphatic heterocycles. The molecule has 1 amide bonds. The number of aromatic amines is 1. The normalized spacial score (nSPS) is 10.2. The Morgan fingerprint density at radius 3 is 2.90 bits per heavy atom. The lowest BCUT2D eigenvalue weighted by atomic mass is 10.2. The molecular formula is C12H15N5O4. The van der Waals surface area contributed by atoms with E-state index in [2.05, 4.69) is 20.5 Å². The minimum atomic E-state index is -0.488. The van der Waals surface area contributed by atoms with Crippen LogP contribution in [0.15, 0.2) is 18.2 Å². The number of hydrogen-bond acceptors (Lipinski definition) is 7. The van der Waals surface area contributed by atoms with E-state index >= 15 is 0 Å². The monoisotopic (exact) mass is 293 g/mol. The number of hydrogen-bond donors (Lipinski definition) is 4. The van der Waals surface area contributed by atoms with Crippen molar-refractivity contribution in [3.63, 3.8) is 0 Å². The summed E-state index contributed by atoms with van der Waals surface area (Å²) in [5, 5.41) is 17.4. The number of nitrogen functional groups attached to an aromatic ring is 1. The molecule has 5 N–H and O–H groups in total. The van der Waals surface area contributed by atoms with E-state index in [0.717, 1.165) is 0 Å². The third kappa shape index (κ3) is 3.60. The quantitative estimate of drug-likeness (QED) is 0.589. The fourth-order valence-corrected chi connectivity index (χ4v) is 1.59. The smallest absolute Gasteiger partial charge is 0.293 e. The number of ether oxygens (including phenoxy) is 2. The van der Waals surface area contributed by atoms with Gasteiger partial charge in [-0.2, -0.15) is 4.98 Å². The summed E-state index contributed by atoms with van der Waals surface area (Å²) in [6, 6.07) is 4.85. The number of H-pyrrole nitrogens is 1. The number of nitrogens with zero attached hydrogens (tertiary/aromatic N) is 2. The Labute approximate surface area is 120 Å².